The second kappa shape index (κ2) is 3.90. The fourth-order valence-electron chi connectivity index (χ4n) is 1.02. The molecule has 0 aromatic carbocycles. The molecule has 0 saturated carbocycles. The van der Waals surface area contributed by atoms with E-state index in [2.05, 4.69) is 15.2 Å². The van der Waals surface area contributed by atoms with Crippen LogP contribution in [0.4, 0.5) is 0 Å². The van der Waals surface area contributed by atoms with Crippen molar-refractivity contribution >= 4 is 23.2 Å². The minimum absolute atomic E-state index is 0.365. The molecule has 0 aliphatic heterocycles. The van der Waals surface area contributed by atoms with Crippen molar-refractivity contribution in [2.24, 2.45) is 0 Å². The van der Waals surface area contributed by atoms with Gasteiger partial charge in [0.05, 0.1) is 10.7 Å². The summed E-state index contributed by atoms with van der Waals surface area (Å²) in [6.45, 7) is 0. The zero-order chi connectivity index (χ0) is 9.97. The predicted octanol–water partition coefficient (Wildman–Crippen LogP) is 2.85. The Labute approximate surface area is 90.7 Å². The summed E-state index contributed by atoms with van der Waals surface area (Å²) in [4.78, 5) is 3.95. The van der Waals surface area contributed by atoms with Crippen LogP contribution in [-0.2, 0) is 0 Å². The fourth-order valence-corrected chi connectivity index (χ4v) is 1.30. The van der Waals surface area contributed by atoms with E-state index in [0.717, 1.165) is 5.56 Å². The van der Waals surface area contributed by atoms with Crippen LogP contribution in [0.2, 0.25) is 10.2 Å². The van der Waals surface area contributed by atoms with Crippen molar-refractivity contribution in [3.63, 3.8) is 0 Å². The van der Waals surface area contributed by atoms with Crippen molar-refractivity contribution in [1.82, 2.24) is 15.2 Å². The lowest BCUT2D eigenvalue weighted by Gasteiger charge is -1.98. The van der Waals surface area contributed by atoms with Crippen LogP contribution < -0.4 is 0 Å². The molecule has 5 heteroatoms. The molecule has 0 bridgehead atoms. The first kappa shape index (κ1) is 9.37. The van der Waals surface area contributed by atoms with Crippen LogP contribution in [0, 0.1) is 0 Å². The lowest BCUT2D eigenvalue weighted by Crippen LogP contribution is -1.87. The second-order valence-electron chi connectivity index (χ2n) is 2.63. The van der Waals surface area contributed by atoms with Gasteiger partial charge in [0.25, 0.3) is 0 Å². The summed E-state index contributed by atoms with van der Waals surface area (Å²) in [6.07, 6.45) is 3.23. The summed E-state index contributed by atoms with van der Waals surface area (Å²) in [6, 6.07) is 5.21. The van der Waals surface area contributed by atoms with E-state index in [1.165, 1.54) is 0 Å². The molecular weight excluding hydrogens is 221 g/mol. The first-order valence-electron chi connectivity index (χ1n) is 3.86. The first-order chi connectivity index (χ1) is 6.75. The summed E-state index contributed by atoms with van der Waals surface area (Å²) in [5.41, 5.74) is 1.52. The van der Waals surface area contributed by atoms with Gasteiger partial charge >= 0.3 is 0 Å². The molecule has 0 saturated heterocycles. The maximum absolute atomic E-state index is 5.79. The second-order valence-corrected chi connectivity index (χ2v) is 3.46. The van der Waals surface area contributed by atoms with Gasteiger partial charge in [-0.15, -0.1) is 10.2 Å². The molecule has 70 valence electrons. The SMILES string of the molecule is Clc1cncc(-c2ccc(Cl)nn2)c1. The molecule has 2 rings (SSSR count). The normalized spacial score (nSPS) is 10.1. The van der Waals surface area contributed by atoms with Crippen LogP contribution in [-0.4, -0.2) is 15.2 Å². The summed E-state index contributed by atoms with van der Waals surface area (Å²) < 4.78 is 0. The molecule has 0 amide bonds. The smallest absolute Gasteiger partial charge is 0.151 e. The molecule has 0 aliphatic carbocycles. The number of nitrogens with zero attached hydrogens (tertiary/aromatic N) is 3. The number of rotatable bonds is 1. The molecule has 0 atom stereocenters. The van der Waals surface area contributed by atoms with E-state index in [0.29, 0.717) is 15.9 Å². The van der Waals surface area contributed by atoms with Crippen molar-refractivity contribution in [2.45, 2.75) is 0 Å². The van der Waals surface area contributed by atoms with Crippen LogP contribution in [0.5, 0.6) is 0 Å². The van der Waals surface area contributed by atoms with Crippen molar-refractivity contribution in [3.05, 3.63) is 40.8 Å². The van der Waals surface area contributed by atoms with Crippen molar-refractivity contribution in [3.8, 4) is 11.3 Å². The van der Waals surface area contributed by atoms with Crippen LogP contribution in [0.15, 0.2) is 30.6 Å². The van der Waals surface area contributed by atoms with Gasteiger partial charge in [0.2, 0.25) is 0 Å². The zero-order valence-corrected chi connectivity index (χ0v) is 8.50. The molecule has 0 aliphatic rings. The van der Waals surface area contributed by atoms with E-state index in [1.807, 2.05) is 0 Å². The van der Waals surface area contributed by atoms with Gasteiger partial charge in [0, 0.05) is 18.0 Å². The summed E-state index contributed by atoms with van der Waals surface area (Å²) >= 11 is 11.4. The molecule has 0 N–H and O–H groups in total. The number of halogens is 2. The Hall–Kier alpha value is -1.19. The number of pyridine rings is 1. The maximum Gasteiger partial charge on any atom is 0.151 e. The highest BCUT2D eigenvalue weighted by Gasteiger charge is 2.00. The Bertz CT molecular complexity index is 442. The minimum atomic E-state index is 0.365. The lowest BCUT2D eigenvalue weighted by atomic mass is 10.2. The highest BCUT2D eigenvalue weighted by atomic mass is 35.5. The highest BCUT2D eigenvalue weighted by Crippen LogP contribution is 2.19. The Morgan fingerprint density at radius 2 is 1.86 bits per heavy atom. The van der Waals surface area contributed by atoms with Crippen molar-refractivity contribution in [2.75, 3.05) is 0 Å². The van der Waals surface area contributed by atoms with Gasteiger partial charge in [-0.2, -0.15) is 0 Å². The Morgan fingerprint density at radius 3 is 2.50 bits per heavy atom. The Kier molecular flexibility index (Phi) is 2.61. The molecule has 0 fully saturated rings. The standard InChI is InChI=1S/C9H5Cl2N3/c10-7-3-6(4-12-5-7)8-1-2-9(11)14-13-8/h1-5H. The average molecular weight is 226 g/mol. The van der Waals surface area contributed by atoms with Gasteiger partial charge in [-0.25, -0.2) is 0 Å². The van der Waals surface area contributed by atoms with Crippen molar-refractivity contribution in [1.29, 1.82) is 0 Å². The largest absolute Gasteiger partial charge is 0.262 e. The maximum atomic E-state index is 5.79. The van der Waals surface area contributed by atoms with Gasteiger partial charge in [-0.05, 0) is 18.2 Å². The van der Waals surface area contributed by atoms with Gasteiger partial charge in [-0.1, -0.05) is 23.2 Å². The summed E-state index contributed by atoms with van der Waals surface area (Å²) in [7, 11) is 0. The quantitative estimate of drug-likeness (QED) is 0.750. The first-order valence-corrected chi connectivity index (χ1v) is 4.61. The average Bonchev–Trinajstić information content (AvgIpc) is 2.19. The lowest BCUT2D eigenvalue weighted by molar-refractivity contribution is 1.04. The van der Waals surface area contributed by atoms with Gasteiger partial charge in [-0.3, -0.25) is 4.98 Å². The number of hydrogen-bond donors (Lipinski definition) is 0. The zero-order valence-electron chi connectivity index (χ0n) is 6.98. The molecule has 0 radical (unpaired) electrons. The summed E-state index contributed by atoms with van der Waals surface area (Å²) in [5, 5.41) is 8.57. The third kappa shape index (κ3) is 2.00. The highest BCUT2D eigenvalue weighted by molar-refractivity contribution is 6.30. The predicted molar refractivity (Wildman–Crippen MR) is 55.3 cm³/mol. The van der Waals surface area contributed by atoms with Crippen LogP contribution in [0.1, 0.15) is 0 Å². The molecule has 14 heavy (non-hydrogen) atoms. The van der Waals surface area contributed by atoms with E-state index in [1.54, 1.807) is 30.6 Å². The van der Waals surface area contributed by atoms with Gasteiger partial charge in [0.15, 0.2) is 5.15 Å². The third-order valence-electron chi connectivity index (χ3n) is 1.63. The van der Waals surface area contributed by atoms with Crippen molar-refractivity contribution < 1.29 is 0 Å². The Morgan fingerprint density at radius 1 is 1.00 bits per heavy atom. The monoisotopic (exact) mass is 225 g/mol. The van der Waals surface area contributed by atoms with E-state index < -0.39 is 0 Å². The van der Waals surface area contributed by atoms with E-state index in [9.17, 15) is 0 Å². The molecule has 2 aromatic heterocycles. The van der Waals surface area contributed by atoms with E-state index in [4.69, 9.17) is 23.2 Å². The molecule has 0 spiro atoms. The minimum Gasteiger partial charge on any atom is -0.262 e. The van der Waals surface area contributed by atoms with E-state index >= 15 is 0 Å². The molecule has 2 aromatic rings. The van der Waals surface area contributed by atoms with Gasteiger partial charge < -0.3 is 0 Å². The van der Waals surface area contributed by atoms with Crippen LogP contribution in [0.25, 0.3) is 11.3 Å². The topological polar surface area (TPSA) is 38.7 Å². The van der Waals surface area contributed by atoms with Gasteiger partial charge in [0.1, 0.15) is 0 Å². The molecule has 0 unspecified atom stereocenters. The Balaban J connectivity index is 2.44. The molecule has 3 nitrogen and oxygen atoms in total. The number of hydrogen-bond acceptors (Lipinski definition) is 3. The van der Waals surface area contributed by atoms with Crippen LogP contribution >= 0.6 is 23.2 Å². The van der Waals surface area contributed by atoms with E-state index in [-0.39, 0.29) is 0 Å². The number of aromatic nitrogens is 3. The third-order valence-corrected chi connectivity index (χ3v) is 2.04. The summed E-state index contributed by atoms with van der Waals surface area (Å²) in [5.74, 6) is 0. The van der Waals surface area contributed by atoms with Crippen LogP contribution in [0.3, 0.4) is 0 Å². The fraction of sp³-hybridized carbons (Fsp3) is 0. The molecule has 2 heterocycles. The molecular formula is C9H5Cl2N3.